The quantitative estimate of drug-likeness (QED) is 0.541. The number of amides is 1. The van der Waals surface area contributed by atoms with E-state index in [0.29, 0.717) is 12.5 Å². The van der Waals surface area contributed by atoms with Gasteiger partial charge in [0.25, 0.3) is 5.91 Å². The molecule has 28 heavy (non-hydrogen) atoms. The van der Waals surface area contributed by atoms with E-state index < -0.39 is 34.8 Å². The Morgan fingerprint density at radius 2 is 2.07 bits per heavy atom. The molecule has 1 aliphatic heterocycles. The molecule has 1 amide bonds. The zero-order valence-corrected chi connectivity index (χ0v) is 16.1. The number of carbonyl (C=O) groups is 2. The molecular formula is C17H17F3N4O3S. The number of ether oxygens (including phenoxy) is 1. The minimum absolute atomic E-state index is 0.000465. The normalized spacial score (nSPS) is 16.3. The van der Waals surface area contributed by atoms with Crippen molar-refractivity contribution in [1.82, 2.24) is 9.88 Å². The molecule has 0 unspecified atom stereocenters. The van der Waals surface area contributed by atoms with Crippen molar-refractivity contribution in [2.75, 3.05) is 18.6 Å². The lowest BCUT2D eigenvalue weighted by atomic mass is 10.0. The second-order valence-electron chi connectivity index (χ2n) is 6.51. The van der Waals surface area contributed by atoms with Gasteiger partial charge in [-0.25, -0.2) is 4.98 Å². The number of aromatic nitrogens is 1. The number of nitrogens with zero attached hydrogens (tertiary/aromatic N) is 4. The molecule has 1 aromatic rings. The van der Waals surface area contributed by atoms with Crippen molar-refractivity contribution in [3.63, 3.8) is 0 Å². The summed E-state index contributed by atoms with van der Waals surface area (Å²) < 4.78 is 44.2. The SMILES string of the molecule is COC(=O)CCCN1C(=S)N(c2cnc(C#N)c(C(F)(F)F)c2)C(=O)C1(C)C. The first-order valence-electron chi connectivity index (χ1n) is 8.15. The number of rotatable bonds is 5. The highest BCUT2D eigenvalue weighted by molar-refractivity contribution is 7.80. The molecule has 0 saturated carbocycles. The Labute approximate surface area is 164 Å². The summed E-state index contributed by atoms with van der Waals surface area (Å²) in [4.78, 5) is 30.2. The van der Waals surface area contributed by atoms with Gasteiger partial charge in [0, 0.05) is 13.0 Å². The number of thiocarbonyl (C=S) groups is 1. The third-order valence-corrected chi connectivity index (χ3v) is 4.76. The molecule has 0 N–H and O–H groups in total. The van der Waals surface area contributed by atoms with Crippen molar-refractivity contribution in [1.29, 1.82) is 5.26 Å². The molecule has 0 atom stereocenters. The van der Waals surface area contributed by atoms with Crippen LogP contribution in [0.5, 0.6) is 0 Å². The smallest absolute Gasteiger partial charge is 0.419 e. The van der Waals surface area contributed by atoms with E-state index >= 15 is 0 Å². The van der Waals surface area contributed by atoms with Crippen LogP contribution >= 0.6 is 12.2 Å². The monoisotopic (exact) mass is 414 g/mol. The largest absolute Gasteiger partial charge is 0.469 e. The Morgan fingerprint density at radius 3 is 2.61 bits per heavy atom. The molecule has 11 heteroatoms. The molecule has 0 aromatic carbocycles. The number of esters is 1. The highest BCUT2D eigenvalue weighted by Gasteiger charge is 2.49. The van der Waals surface area contributed by atoms with Crippen LogP contribution in [0.25, 0.3) is 0 Å². The number of alkyl halides is 3. The molecule has 1 saturated heterocycles. The van der Waals surface area contributed by atoms with E-state index in [9.17, 15) is 22.8 Å². The van der Waals surface area contributed by atoms with Crippen LogP contribution < -0.4 is 4.90 Å². The van der Waals surface area contributed by atoms with Crippen LogP contribution in [0.1, 0.15) is 37.9 Å². The Morgan fingerprint density at radius 1 is 1.43 bits per heavy atom. The first-order valence-corrected chi connectivity index (χ1v) is 8.56. The Kier molecular flexibility index (Phi) is 5.94. The number of anilines is 1. The zero-order chi connectivity index (χ0) is 21.3. The van der Waals surface area contributed by atoms with Gasteiger partial charge in [-0.3, -0.25) is 14.5 Å². The molecule has 1 fully saturated rings. The zero-order valence-electron chi connectivity index (χ0n) is 15.3. The van der Waals surface area contributed by atoms with Gasteiger partial charge in [0.2, 0.25) is 0 Å². The van der Waals surface area contributed by atoms with E-state index in [0.717, 1.165) is 11.1 Å². The predicted octanol–water partition coefficient (Wildman–Crippen LogP) is 2.64. The summed E-state index contributed by atoms with van der Waals surface area (Å²) in [5, 5.41) is 8.86. The topological polar surface area (TPSA) is 86.5 Å². The van der Waals surface area contributed by atoms with Gasteiger partial charge in [-0.15, -0.1) is 0 Å². The van der Waals surface area contributed by atoms with Gasteiger partial charge in [0.05, 0.1) is 24.6 Å². The Bertz CT molecular complexity index is 864. The fourth-order valence-corrected chi connectivity index (χ4v) is 3.31. The number of halogens is 3. The maximum absolute atomic E-state index is 13.2. The van der Waals surface area contributed by atoms with Crippen LogP contribution in [0, 0.1) is 11.3 Å². The van der Waals surface area contributed by atoms with E-state index in [4.69, 9.17) is 17.5 Å². The van der Waals surface area contributed by atoms with Crippen LogP contribution in [0.4, 0.5) is 18.9 Å². The summed E-state index contributed by atoms with van der Waals surface area (Å²) >= 11 is 5.32. The van der Waals surface area contributed by atoms with Gasteiger partial charge in [-0.1, -0.05) is 0 Å². The summed E-state index contributed by atoms with van der Waals surface area (Å²) in [6.07, 6.45) is -3.35. The first kappa shape index (κ1) is 21.6. The van der Waals surface area contributed by atoms with Crippen LogP contribution in [0.3, 0.4) is 0 Å². The van der Waals surface area contributed by atoms with Crippen LogP contribution in [-0.4, -0.2) is 46.1 Å². The maximum atomic E-state index is 13.2. The second-order valence-corrected chi connectivity index (χ2v) is 6.88. The van der Waals surface area contributed by atoms with Crippen molar-refractivity contribution in [3.05, 3.63) is 23.5 Å². The molecule has 0 bridgehead atoms. The highest BCUT2D eigenvalue weighted by Crippen LogP contribution is 2.37. The van der Waals surface area contributed by atoms with Crippen LogP contribution in [0.15, 0.2) is 12.3 Å². The highest BCUT2D eigenvalue weighted by atomic mass is 32.1. The lowest BCUT2D eigenvalue weighted by Gasteiger charge is -2.29. The average Bonchev–Trinajstić information content (AvgIpc) is 2.79. The Hall–Kier alpha value is -2.74. The molecule has 1 aliphatic rings. The van der Waals surface area contributed by atoms with Crippen molar-refractivity contribution >= 4 is 34.9 Å². The molecule has 0 aliphatic carbocycles. The van der Waals surface area contributed by atoms with Gasteiger partial charge in [0.1, 0.15) is 11.6 Å². The number of hydrogen-bond acceptors (Lipinski definition) is 6. The lowest BCUT2D eigenvalue weighted by Crippen LogP contribution is -2.44. The van der Waals surface area contributed by atoms with E-state index in [-0.39, 0.29) is 23.8 Å². The molecule has 0 spiro atoms. The van der Waals surface area contributed by atoms with Gasteiger partial charge in [-0.05, 0) is 38.6 Å². The van der Waals surface area contributed by atoms with Crippen molar-refractivity contribution in [3.8, 4) is 6.07 Å². The number of nitriles is 1. The van der Waals surface area contributed by atoms with Crippen molar-refractivity contribution in [2.24, 2.45) is 0 Å². The van der Waals surface area contributed by atoms with Crippen molar-refractivity contribution in [2.45, 2.75) is 38.4 Å². The van der Waals surface area contributed by atoms with Gasteiger partial charge < -0.3 is 9.64 Å². The molecule has 1 aromatic heterocycles. The number of pyridine rings is 1. The molecular weight excluding hydrogens is 397 g/mol. The summed E-state index contributed by atoms with van der Waals surface area (Å²) in [6.45, 7) is 3.40. The summed E-state index contributed by atoms with van der Waals surface area (Å²) in [6, 6.07) is 2.07. The average molecular weight is 414 g/mol. The van der Waals surface area contributed by atoms with E-state index in [1.54, 1.807) is 18.7 Å². The minimum Gasteiger partial charge on any atom is -0.469 e. The summed E-state index contributed by atoms with van der Waals surface area (Å²) in [5.74, 6) is -0.951. The molecule has 7 nitrogen and oxygen atoms in total. The molecule has 2 rings (SSSR count). The fraction of sp³-hybridized carbons (Fsp3) is 0.471. The van der Waals surface area contributed by atoms with Crippen LogP contribution in [0.2, 0.25) is 0 Å². The first-order chi connectivity index (χ1) is 12.9. The minimum atomic E-state index is -4.81. The lowest BCUT2D eigenvalue weighted by molar-refractivity contribution is -0.141. The summed E-state index contributed by atoms with van der Waals surface area (Å²) in [7, 11) is 1.26. The predicted molar refractivity (Wildman–Crippen MR) is 96.1 cm³/mol. The van der Waals surface area contributed by atoms with Gasteiger partial charge in [0.15, 0.2) is 10.8 Å². The Balaban J connectivity index is 2.37. The third-order valence-electron chi connectivity index (χ3n) is 4.36. The molecule has 0 radical (unpaired) electrons. The van der Waals surface area contributed by atoms with Gasteiger partial charge >= 0.3 is 12.1 Å². The van der Waals surface area contributed by atoms with Crippen molar-refractivity contribution < 1.29 is 27.5 Å². The standard InChI is InChI=1S/C17H17F3N4O3S/c1-16(2)14(26)24(15(28)23(16)6-4-5-13(25)27-3)10-7-11(17(18,19)20)12(8-21)22-9-10/h7,9H,4-6H2,1-3H3. The summed E-state index contributed by atoms with van der Waals surface area (Å²) in [5.41, 5.74) is -3.34. The number of hydrogen-bond donors (Lipinski definition) is 0. The number of carbonyl (C=O) groups excluding carboxylic acids is 2. The second kappa shape index (κ2) is 7.71. The van der Waals surface area contributed by atoms with Crippen LogP contribution in [-0.2, 0) is 20.5 Å². The molecule has 2 heterocycles. The van der Waals surface area contributed by atoms with E-state index in [1.807, 2.05) is 0 Å². The fourth-order valence-electron chi connectivity index (χ4n) is 2.80. The van der Waals surface area contributed by atoms with E-state index in [1.165, 1.54) is 13.2 Å². The van der Waals surface area contributed by atoms with Gasteiger partial charge in [-0.2, -0.15) is 18.4 Å². The maximum Gasteiger partial charge on any atom is 0.419 e. The number of methoxy groups -OCH3 is 1. The third kappa shape index (κ3) is 3.91. The molecule has 150 valence electrons. The van der Waals surface area contributed by atoms with E-state index in [2.05, 4.69) is 9.72 Å².